The van der Waals surface area contributed by atoms with Gasteiger partial charge in [-0.05, 0) is 54.6 Å². The maximum absolute atomic E-state index is 13.3. The molecule has 0 heterocycles. The molecule has 1 aromatic rings. The number of benzene rings is 1. The molecule has 2 bridgehead atoms. The highest BCUT2D eigenvalue weighted by molar-refractivity contribution is 5.47. The van der Waals surface area contributed by atoms with Crippen molar-refractivity contribution in [2.24, 2.45) is 23.7 Å². The fraction of sp³-hybridized carbons (Fsp3) is 0.600. The number of nitrogens with two attached hydrogens (primary N) is 1. The smallest absolute Gasteiger partial charge is 0.146 e. The van der Waals surface area contributed by atoms with Crippen LogP contribution < -0.4 is 11.1 Å². The van der Waals surface area contributed by atoms with Gasteiger partial charge >= 0.3 is 0 Å². The third-order valence-corrected chi connectivity index (χ3v) is 5.41. The lowest BCUT2D eigenvalue weighted by molar-refractivity contribution is 0.456. The molecule has 4 unspecified atom stereocenters. The Balaban J connectivity index is 1.42. The van der Waals surface area contributed by atoms with Crippen LogP contribution in [0.3, 0.4) is 0 Å². The molecule has 1 aromatic carbocycles. The first-order chi connectivity index (χ1) is 8.75. The van der Waals surface area contributed by atoms with E-state index in [1.807, 2.05) is 6.07 Å². The van der Waals surface area contributed by atoms with Crippen molar-refractivity contribution in [1.29, 1.82) is 0 Å². The van der Waals surface area contributed by atoms with Crippen molar-refractivity contribution in [3.63, 3.8) is 0 Å². The molecule has 0 radical (unpaired) electrons. The summed E-state index contributed by atoms with van der Waals surface area (Å²) in [5.74, 6) is 3.48. The molecule has 0 amide bonds. The van der Waals surface area contributed by atoms with E-state index in [1.54, 1.807) is 6.07 Å². The molecule has 3 saturated carbocycles. The maximum atomic E-state index is 13.3. The summed E-state index contributed by atoms with van der Waals surface area (Å²) >= 11 is 0. The molecule has 0 aliphatic heterocycles. The summed E-state index contributed by atoms with van der Waals surface area (Å²) in [5, 5.41) is 3.60. The van der Waals surface area contributed by atoms with E-state index in [-0.39, 0.29) is 5.82 Å². The first-order valence-electron chi connectivity index (χ1n) is 7.02. The monoisotopic (exact) mass is 246 g/mol. The van der Waals surface area contributed by atoms with E-state index >= 15 is 0 Å². The Labute approximate surface area is 107 Å². The Bertz CT molecular complexity index is 471. The average molecular weight is 246 g/mol. The van der Waals surface area contributed by atoms with Gasteiger partial charge in [0, 0.05) is 12.6 Å². The van der Waals surface area contributed by atoms with Gasteiger partial charge in [0.25, 0.3) is 0 Å². The maximum Gasteiger partial charge on any atom is 0.146 e. The molecule has 3 N–H and O–H groups in total. The number of fused-ring (bicyclic) bond motifs is 5. The van der Waals surface area contributed by atoms with Crippen LogP contribution in [0.25, 0.3) is 0 Å². The number of anilines is 1. The summed E-state index contributed by atoms with van der Waals surface area (Å²) in [5.41, 5.74) is 6.96. The third-order valence-electron chi connectivity index (χ3n) is 5.41. The Morgan fingerprint density at radius 3 is 2.67 bits per heavy atom. The highest BCUT2D eigenvalue weighted by atomic mass is 19.1. The van der Waals surface area contributed by atoms with Gasteiger partial charge in [0.15, 0.2) is 0 Å². The second kappa shape index (κ2) is 3.70. The van der Waals surface area contributed by atoms with Crippen LogP contribution in [0.4, 0.5) is 10.1 Å². The van der Waals surface area contributed by atoms with Crippen LogP contribution >= 0.6 is 0 Å². The first kappa shape index (κ1) is 10.8. The molecular weight excluding hydrogens is 227 g/mol. The molecule has 18 heavy (non-hydrogen) atoms. The van der Waals surface area contributed by atoms with Crippen LogP contribution in [0.15, 0.2) is 18.2 Å². The van der Waals surface area contributed by atoms with E-state index in [9.17, 15) is 4.39 Å². The number of nitrogens with one attached hydrogen (secondary N) is 1. The number of rotatable bonds is 3. The van der Waals surface area contributed by atoms with E-state index in [1.165, 1.54) is 25.3 Å². The minimum Gasteiger partial charge on any atom is -0.396 e. The summed E-state index contributed by atoms with van der Waals surface area (Å²) < 4.78 is 13.3. The highest BCUT2D eigenvalue weighted by Crippen LogP contribution is 2.65. The van der Waals surface area contributed by atoms with Gasteiger partial charge in [-0.25, -0.2) is 4.39 Å². The van der Waals surface area contributed by atoms with Crippen LogP contribution in [-0.4, -0.2) is 6.04 Å². The second-order valence-corrected chi connectivity index (χ2v) is 6.21. The molecule has 0 saturated heterocycles. The fourth-order valence-electron chi connectivity index (χ4n) is 4.56. The van der Waals surface area contributed by atoms with E-state index < -0.39 is 0 Å². The molecule has 4 rings (SSSR count). The van der Waals surface area contributed by atoms with Crippen molar-refractivity contribution < 1.29 is 4.39 Å². The number of hydrogen-bond acceptors (Lipinski definition) is 2. The first-order valence-corrected chi connectivity index (χ1v) is 7.02. The Morgan fingerprint density at radius 1 is 1.22 bits per heavy atom. The Hall–Kier alpha value is -1.09. The molecule has 0 spiro atoms. The quantitative estimate of drug-likeness (QED) is 0.804. The second-order valence-electron chi connectivity index (χ2n) is 6.21. The van der Waals surface area contributed by atoms with E-state index in [0.717, 1.165) is 29.2 Å². The molecule has 96 valence electrons. The van der Waals surface area contributed by atoms with Gasteiger partial charge in [0.05, 0.1) is 5.69 Å². The van der Waals surface area contributed by atoms with Crippen LogP contribution in [0.2, 0.25) is 0 Å². The average Bonchev–Trinajstić information content (AvgIpc) is 2.77. The summed E-state index contributed by atoms with van der Waals surface area (Å²) in [7, 11) is 0. The van der Waals surface area contributed by atoms with Crippen molar-refractivity contribution >= 4 is 5.69 Å². The largest absolute Gasteiger partial charge is 0.396 e. The molecule has 4 atom stereocenters. The van der Waals surface area contributed by atoms with E-state index in [2.05, 4.69) is 5.32 Å². The van der Waals surface area contributed by atoms with Crippen molar-refractivity contribution in [3.05, 3.63) is 29.6 Å². The number of halogens is 1. The van der Waals surface area contributed by atoms with Crippen molar-refractivity contribution in [1.82, 2.24) is 5.32 Å². The molecule has 3 heteroatoms. The summed E-state index contributed by atoms with van der Waals surface area (Å²) in [6, 6.07) is 5.75. The minimum atomic E-state index is -0.301. The van der Waals surface area contributed by atoms with Gasteiger partial charge < -0.3 is 11.1 Å². The van der Waals surface area contributed by atoms with Gasteiger partial charge in [0.2, 0.25) is 0 Å². The van der Waals surface area contributed by atoms with Crippen LogP contribution in [0, 0.1) is 29.5 Å². The summed E-state index contributed by atoms with van der Waals surface area (Å²) in [6.45, 7) is 0.709. The number of hydrogen-bond donors (Lipinski definition) is 2. The standard InChI is InChI=1S/C15H19FN2/c16-11-3-1-2-10(14(11)17)7-18-15-12-8-4-5-9(6-8)13(12)15/h1-3,8-9,12-13,15,18H,4-7,17H2. The molecule has 3 fully saturated rings. The zero-order chi connectivity index (χ0) is 12.3. The zero-order valence-electron chi connectivity index (χ0n) is 10.4. The highest BCUT2D eigenvalue weighted by Gasteiger charge is 2.64. The molecule has 2 nitrogen and oxygen atoms in total. The van der Waals surface area contributed by atoms with Gasteiger partial charge in [-0.3, -0.25) is 0 Å². The normalized spacial score (nSPS) is 39.9. The van der Waals surface area contributed by atoms with Crippen LogP contribution in [-0.2, 0) is 6.54 Å². The van der Waals surface area contributed by atoms with Gasteiger partial charge in [-0.15, -0.1) is 0 Å². The predicted octanol–water partition coefficient (Wildman–Crippen LogP) is 2.54. The lowest BCUT2D eigenvalue weighted by Gasteiger charge is -2.12. The predicted molar refractivity (Wildman–Crippen MR) is 69.3 cm³/mol. The van der Waals surface area contributed by atoms with Crippen molar-refractivity contribution in [2.75, 3.05) is 5.73 Å². The van der Waals surface area contributed by atoms with E-state index in [0.29, 0.717) is 18.3 Å². The minimum absolute atomic E-state index is 0.301. The molecular formula is C15H19FN2. The van der Waals surface area contributed by atoms with Gasteiger partial charge in [0.1, 0.15) is 5.82 Å². The number of para-hydroxylation sites is 1. The van der Waals surface area contributed by atoms with Crippen LogP contribution in [0.1, 0.15) is 24.8 Å². The SMILES string of the molecule is Nc1c(F)cccc1CNC1C2C3CCC(C3)C12. The third kappa shape index (κ3) is 1.43. The Kier molecular flexibility index (Phi) is 2.22. The molecule has 3 aliphatic carbocycles. The summed E-state index contributed by atoms with van der Waals surface area (Å²) in [4.78, 5) is 0. The summed E-state index contributed by atoms with van der Waals surface area (Å²) in [6.07, 6.45) is 4.34. The number of nitrogen functional groups attached to an aromatic ring is 1. The van der Waals surface area contributed by atoms with Crippen LogP contribution in [0.5, 0.6) is 0 Å². The fourth-order valence-corrected chi connectivity index (χ4v) is 4.56. The van der Waals surface area contributed by atoms with E-state index in [4.69, 9.17) is 5.73 Å². The molecule has 0 aromatic heterocycles. The lowest BCUT2D eigenvalue weighted by Crippen LogP contribution is -2.23. The van der Waals surface area contributed by atoms with Crippen molar-refractivity contribution in [3.8, 4) is 0 Å². The lowest BCUT2D eigenvalue weighted by atomic mass is 10.0. The zero-order valence-corrected chi connectivity index (χ0v) is 10.4. The topological polar surface area (TPSA) is 38.0 Å². The van der Waals surface area contributed by atoms with Gasteiger partial charge in [-0.1, -0.05) is 12.1 Å². The van der Waals surface area contributed by atoms with Gasteiger partial charge in [-0.2, -0.15) is 0 Å². The molecule has 3 aliphatic rings. The van der Waals surface area contributed by atoms with Crippen molar-refractivity contribution in [2.45, 2.75) is 31.8 Å². The Morgan fingerprint density at radius 2 is 1.94 bits per heavy atom.